The van der Waals surface area contributed by atoms with Crippen LogP contribution in [0.15, 0.2) is 21.7 Å². The van der Waals surface area contributed by atoms with Crippen LogP contribution >= 0.6 is 11.3 Å². The third kappa shape index (κ3) is 2.30. The van der Waals surface area contributed by atoms with Crippen molar-refractivity contribution in [3.8, 4) is 0 Å². The molecule has 0 bridgehead atoms. The number of sulfonamides is 1. The molecule has 0 radical (unpaired) electrons. The molecule has 0 aromatic carbocycles. The Morgan fingerprint density at radius 1 is 1.32 bits per heavy atom. The first-order valence-corrected chi connectivity index (χ1v) is 8.76. The molecule has 3 rings (SSSR count). The summed E-state index contributed by atoms with van der Waals surface area (Å²) >= 11 is 1.20. The maximum Gasteiger partial charge on any atom is 0.253 e. The smallest absolute Gasteiger partial charge is 0.253 e. The number of thiophene rings is 1. The summed E-state index contributed by atoms with van der Waals surface area (Å²) in [5.74, 6) is -0.191. The normalized spacial score (nSPS) is 28.7. The van der Waals surface area contributed by atoms with Gasteiger partial charge in [-0.1, -0.05) is 18.9 Å². The number of rotatable bonds is 2. The fourth-order valence-corrected chi connectivity index (χ4v) is 5.69. The Balaban J connectivity index is 1.95. The lowest BCUT2D eigenvalue weighted by molar-refractivity contribution is -0.125. The number of fused-ring (bicyclic) bond motifs is 1. The number of hydrogen-bond donors (Lipinski definition) is 1. The molecule has 2 aliphatic rings. The molecule has 0 unspecified atom stereocenters. The molecule has 5 nitrogen and oxygen atoms in total. The van der Waals surface area contributed by atoms with E-state index in [1.165, 1.54) is 15.6 Å². The van der Waals surface area contributed by atoms with Crippen molar-refractivity contribution >= 4 is 27.3 Å². The van der Waals surface area contributed by atoms with Crippen LogP contribution in [0.5, 0.6) is 0 Å². The predicted molar refractivity (Wildman–Crippen MR) is 72.4 cm³/mol. The quantitative estimate of drug-likeness (QED) is 0.892. The Morgan fingerprint density at radius 2 is 2.11 bits per heavy atom. The Labute approximate surface area is 116 Å². The molecule has 1 aliphatic heterocycles. The van der Waals surface area contributed by atoms with Crippen LogP contribution in [0.3, 0.4) is 0 Å². The Hall–Kier alpha value is -0.920. The lowest BCUT2D eigenvalue weighted by atomic mass is 9.89. The first kappa shape index (κ1) is 13.1. The summed E-state index contributed by atoms with van der Waals surface area (Å²) in [6.07, 6.45) is 3.77. The topological polar surface area (TPSA) is 66.5 Å². The molecule has 1 saturated heterocycles. The average Bonchev–Trinajstić information content (AvgIpc) is 2.92. The lowest BCUT2D eigenvalue weighted by Crippen LogP contribution is -2.62. The van der Waals surface area contributed by atoms with Crippen LogP contribution in [0.1, 0.15) is 25.7 Å². The Kier molecular flexibility index (Phi) is 3.36. The van der Waals surface area contributed by atoms with Gasteiger partial charge in [-0.25, -0.2) is 8.42 Å². The van der Waals surface area contributed by atoms with E-state index in [1.807, 2.05) is 0 Å². The molecule has 7 heteroatoms. The molecule has 1 amide bonds. The van der Waals surface area contributed by atoms with Gasteiger partial charge in [0.1, 0.15) is 4.21 Å². The first-order chi connectivity index (χ1) is 9.09. The molecule has 2 heterocycles. The molecule has 1 aliphatic carbocycles. The summed E-state index contributed by atoms with van der Waals surface area (Å²) in [5.41, 5.74) is 0. The third-order valence-electron chi connectivity index (χ3n) is 3.80. The van der Waals surface area contributed by atoms with Crippen molar-refractivity contribution in [3.05, 3.63) is 17.5 Å². The van der Waals surface area contributed by atoms with E-state index in [4.69, 9.17) is 0 Å². The summed E-state index contributed by atoms with van der Waals surface area (Å²) in [5, 5.41) is 4.67. The largest absolute Gasteiger partial charge is 0.351 e. The molecule has 1 aromatic rings. The van der Waals surface area contributed by atoms with Gasteiger partial charge in [0.15, 0.2) is 0 Å². The van der Waals surface area contributed by atoms with Gasteiger partial charge >= 0.3 is 0 Å². The van der Waals surface area contributed by atoms with E-state index in [-0.39, 0.29) is 24.5 Å². The second-order valence-electron chi connectivity index (χ2n) is 5.01. The first-order valence-electron chi connectivity index (χ1n) is 6.44. The van der Waals surface area contributed by atoms with Gasteiger partial charge in [0.05, 0.1) is 6.54 Å². The van der Waals surface area contributed by atoms with Crippen molar-refractivity contribution in [3.63, 3.8) is 0 Å². The highest BCUT2D eigenvalue weighted by Crippen LogP contribution is 2.31. The van der Waals surface area contributed by atoms with Gasteiger partial charge in [-0.05, 0) is 24.3 Å². The molecule has 19 heavy (non-hydrogen) atoms. The van der Waals surface area contributed by atoms with Crippen LogP contribution in [0.4, 0.5) is 0 Å². The van der Waals surface area contributed by atoms with Crippen molar-refractivity contribution in [1.29, 1.82) is 0 Å². The van der Waals surface area contributed by atoms with E-state index in [2.05, 4.69) is 5.32 Å². The van der Waals surface area contributed by atoms with E-state index in [9.17, 15) is 13.2 Å². The van der Waals surface area contributed by atoms with E-state index in [0.717, 1.165) is 25.7 Å². The second-order valence-corrected chi connectivity index (χ2v) is 8.07. The van der Waals surface area contributed by atoms with Crippen molar-refractivity contribution in [1.82, 2.24) is 9.62 Å². The number of piperazine rings is 1. The highest BCUT2D eigenvalue weighted by Gasteiger charge is 2.42. The molecule has 2 fully saturated rings. The zero-order chi connectivity index (χ0) is 13.5. The fourth-order valence-electron chi connectivity index (χ4n) is 2.92. The summed E-state index contributed by atoms with van der Waals surface area (Å²) in [6.45, 7) is -0.0542. The van der Waals surface area contributed by atoms with Gasteiger partial charge < -0.3 is 5.32 Å². The van der Waals surface area contributed by atoms with E-state index < -0.39 is 10.0 Å². The molecular weight excluding hydrogens is 284 g/mol. The van der Waals surface area contributed by atoms with E-state index in [0.29, 0.717) is 4.21 Å². The van der Waals surface area contributed by atoms with Crippen LogP contribution in [-0.4, -0.2) is 37.3 Å². The molecule has 2 atom stereocenters. The van der Waals surface area contributed by atoms with Gasteiger partial charge in [-0.2, -0.15) is 4.31 Å². The molecule has 104 valence electrons. The lowest BCUT2D eigenvalue weighted by Gasteiger charge is -2.42. The molecule has 0 spiro atoms. The van der Waals surface area contributed by atoms with Gasteiger partial charge in [0, 0.05) is 12.1 Å². The monoisotopic (exact) mass is 300 g/mol. The summed E-state index contributed by atoms with van der Waals surface area (Å²) in [6, 6.07) is 3.22. The fraction of sp³-hybridized carbons (Fsp3) is 0.583. The zero-order valence-electron chi connectivity index (χ0n) is 10.4. The van der Waals surface area contributed by atoms with Crippen LogP contribution in [0, 0.1) is 0 Å². The SMILES string of the molecule is O=C1CN(S(=O)(=O)c2cccs2)[C@@H]2CCCC[C@H]2N1. The summed E-state index contributed by atoms with van der Waals surface area (Å²) < 4.78 is 26.9. The van der Waals surface area contributed by atoms with Gasteiger partial charge in [0.2, 0.25) is 5.91 Å². The number of carbonyl (C=O) groups excluding carboxylic acids is 1. The highest BCUT2D eigenvalue weighted by molar-refractivity contribution is 7.91. The molecule has 1 N–H and O–H groups in total. The Morgan fingerprint density at radius 3 is 2.84 bits per heavy atom. The van der Waals surface area contributed by atoms with E-state index in [1.54, 1.807) is 17.5 Å². The van der Waals surface area contributed by atoms with Gasteiger partial charge in [-0.3, -0.25) is 4.79 Å². The minimum atomic E-state index is -3.53. The zero-order valence-corrected chi connectivity index (χ0v) is 12.0. The number of nitrogens with one attached hydrogen (secondary N) is 1. The number of hydrogen-bond acceptors (Lipinski definition) is 4. The van der Waals surface area contributed by atoms with Crippen molar-refractivity contribution in [2.45, 2.75) is 42.0 Å². The highest BCUT2D eigenvalue weighted by atomic mass is 32.2. The van der Waals surface area contributed by atoms with Crippen molar-refractivity contribution < 1.29 is 13.2 Å². The summed E-state index contributed by atoms with van der Waals surface area (Å²) in [4.78, 5) is 11.7. The van der Waals surface area contributed by atoms with Crippen molar-refractivity contribution in [2.75, 3.05) is 6.54 Å². The Bertz CT molecular complexity index is 568. The third-order valence-corrected chi connectivity index (χ3v) is 7.05. The minimum Gasteiger partial charge on any atom is -0.351 e. The average molecular weight is 300 g/mol. The van der Waals surface area contributed by atoms with Crippen LogP contribution in [-0.2, 0) is 14.8 Å². The van der Waals surface area contributed by atoms with Gasteiger partial charge in [-0.15, -0.1) is 11.3 Å². The number of nitrogens with zero attached hydrogens (tertiary/aromatic N) is 1. The van der Waals surface area contributed by atoms with Crippen LogP contribution in [0.25, 0.3) is 0 Å². The summed E-state index contributed by atoms with van der Waals surface area (Å²) in [7, 11) is -3.53. The maximum atomic E-state index is 12.6. The van der Waals surface area contributed by atoms with E-state index >= 15 is 0 Å². The molecule has 1 saturated carbocycles. The van der Waals surface area contributed by atoms with Crippen molar-refractivity contribution in [2.24, 2.45) is 0 Å². The number of amides is 1. The maximum absolute atomic E-state index is 12.6. The van der Waals surface area contributed by atoms with Crippen LogP contribution in [0.2, 0.25) is 0 Å². The standard InChI is InChI=1S/C12H16N2O3S2/c15-11-8-14(10-5-2-1-4-9(10)13-11)19(16,17)12-6-3-7-18-12/h3,6-7,9-10H,1-2,4-5,8H2,(H,13,15)/t9-,10-/m1/s1. The minimum absolute atomic E-state index is 0.0234. The number of carbonyl (C=O) groups is 1. The molecular formula is C12H16N2O3S2. The molecule has 1 aromatic heterocycles. The second kappa shape index (κ2) is 4.88. The predicted octanol–water partition coefficient (Wildman–Crippen LogP) is 1.18. The van der Waals surface area contributed by atoms with Crippen LogP contribution < -0.4 is 5.32 Å². The van der Waals surface area contributed by atoms with Gasteiger partial charge in [0.25, 0.3) is 10.0 Å².